The van der Waals surface area contributed by atoms with Crippen LogP contribution in [0.5, 0.6) is 0 Å². The Morgan fingerprint density at radius 3 is 0.824 bits per heavy atom. The maximum absolute atomic E-state index is 11.9. The molecule has 0 atom stereocenters. The molecule has 3 aliphatic heterocycles. The van der Waals surface area contributed by atoms with Gasteiger partial charge in [-0.3, -0.25) is 48.7 Å². The monoisotopic (exact) mass is 1440 g/mol. The number of imide groups is 3. The van der Waals surface area contributed by atoms with E-state index in [1.165, 1.54) is 7.05 Å². The summed E-state index contributed by atoms with van der Waals surface area (Å²) in [6.07, 6.45) is 0.224. The number of hydrogen-bond donors (Lipinski definition) is 1. The van der Waals surface area contributed by atoms with Crippen molar-refractivity contribution in [1.29, 1.82) is 0 Å². The van der Waals surface area contributed by atoms with Gasteiger partial charge >= 0.3 is 5.97 Å². The van der Waals surface area contributed by atoms with Gasteiger partial charge in [-0.05, 0) is 116 Å². The van der Waals surface area contributed by atoms with E-state index < -0.39 is 17.4 Å². The van der Waals surface area contributed by atoms with Crippen LogP contribution in [0.15, 0.2) is 26.9 Å². The second-order valence-corrected chi connectivity index (χ2v) is 20.0. The third kappa shape index (κ3) is 33.7. The number of likely N-dealkylation sites (N-methyl/N-ethyl adjacent to an activating group) is 1. The van der Waals surface area contributed by atoms with Crippen LogP contribution in [-0.2, 0) is 95.1 Å². The lowest BCUT2D eigenvalue weighted by molar-refractivity contribution is -0.156. The average Bonchev–Trinajstić information content (AvgIpc) is 3.76. The summed E-state index contributed by atoms with van der Waals surface area (Å²) >= 11 is 17.9. The van der Waals surface area contributed by atoms with Crippen LogP contribution in [0, 0.1) is 0 Å². The minimum atomic E-state index is -0.481. The molecule has 0 fully saturated rings. The molecule has 23 nitrogen and oxygen atoms in total. The molecular weight excluding hydrogens is 1380 g/mol. The Morgan fingerprint density at radius 1 is 0.392 bits per heavy atom. The minimum absolute atomic E-state index is 0. The molecule has 6 amide bonds. The van der Waals surface area contributed by atoms with Gasteiger partial charge in [0.15, 0.2) is 0 Å². The van der Waals surface area contributed by atoms with Crippen molar-refractivity contribution in [2.45, 2.75) is 40.2 Å². The van der Waals surface area contributed by atoms with Crippen molar-refractivity contribution in [3.05, 3.63) is 26.9 Å². The summed E-state index contributed by atoms with van der Waals surface area (Å²) in [5.74, 6) is -2.44. The predicted octanol–water partition coefficient (Wildman–Crippen LogP) is 4.55. The first-order valence-corrected chi connectivity index (χ1v) is 27.4. The molecule has 0 aliphatic carbocycles. The van der Waals surface area contributed by atoms with Gasteiger partial charge in [0.05, 0.1) is 172 Å². The summed E-state index contributed by atoms with van der Waals surface area (Å²) in [5, 5.41) is 2.07. The Morgan fingerprint density at radius 2 is 0.622 bits per heavy atom. The fourth-order valence-electron chi connectivity index (χ4n) is 4.93. The Kier molecular flexibility index (Phi) is 43.5. The number of nitrogens with one attached hydrogen (secondary N) is 1. The molecule has 3 aliphatic rings. The largest absolute Gasteiger partial charge is 0.460 e. The van der Waals surface area contributed by atoms with Crippen LogP contribution in [0.3, 0.4) is 0 Å². The highest BCUT2D eigenvalue weighted by Crippen LogP contribution is 2.29. The van der Waals surface area contributed by atoms with Crippen molar-refractivity contribution >= 4 is 137 Å². The first kappa shape index (κ1) is 72.5. The van der Waals surface area contributed by atoms with Gasteiger partial charge in [-0.2, -0.15) is 0 Å². The smallest absolute Gasteiger partial charge is 0.308 e. The van der Waals surface area contributed by atoms with Gasteiger partial charge in [0.1, 0.15) is 32.5 Å². The second kappa shape index (κ2) is 44.4. The molecule has 0 unspecified atom stereocenters. The molecular formula is C45H69Br6N3O20. The Bertz CT molecular complexity index is 1750. The number of carbonyl (C=O) groups is 7. The predicted molar refractivity (Wildman–Crippen MR) is 289 cm³/mol. The molecule has 3 heterocycles. The Hall–Kier alpha value is -1.49. The third-order valence-corrected chi connectivity index (χ3v) is 14.5. The highest BCUT2D eigenvalue weighted by molar-refractivity contribution is 9.15. The maximum Gasteiger partial charge on any atom is 0.308 e. The minimum Gasteiger partial charge on any atom is -0.460 e. The second-order valence-electron chi connectivity index (χ2n) is 15.3. The van der Waals surface area contributed by atoms with Gasteiger partial charge < -0.3 is 61.6 Å². The molecule has 0 aromatic carbocycles. The zero-order valence-corrected chi connectivity index (χ0v) is 50.7. The van der Waals surface area contributed by atoms with Crippen LogP contribution >= 0.6 is 95.6 Å². The molecule has 426 valence electrons. The van der Waals surface area contributed by atoms with Gasteiger partial charge in [-0.15, -0.1) is 0 Å². The van der Waals surface area contributed by atoms with E-state index in [0.717, 1.165) is 9.80 Å². The molecule has 0 saturated carbocycles. The van der Waals surface area contributed by atoms with Crippen molar-refractivity contribution in [3.8, 4) is 0 Å². The number of carbonyl (C=O) groups excluding carboxylic acids is 7. The molecule has 29 heteroatoms. The first-order chi connectivity index (χ1) is 34.8. The van der Waals surface area contributed by atoms with E-state index in [-0.39, 0.29) is 74.5 Å². The Balaban J connectivity index is 0.00000219. The average molecular weight is 1450 g/mol. The number of amides is 6. The fraction of sp³-hybridized carbons (Fsp3) is 0.711. The number of halogens is 6. The van der Waals surface area contributed by atoms with Gasteiger partial charge in [-0.25, -0.2) is 0 Å². The third-order valence-electron chi connectivity index (χ3n) is 8.48. The number of ether oxygens (including phenoxy) is 13. The van der Waals surface area contributed by atoms with Gasteiger partial charge in [0.25, 0.3) is 35.4 Å². The number of hydrogen-bond acceptors (Lipinski definition) is 20. The number of nitrogens with zero attached hydrogens (tertiary/aromatic N) is 2. The number of rotatable bonds is 39. The van der Waals surface area contributed by atoms with Crippen molar-refractivity contribution in [2.24, 2.45) is 0 Å². The molecule has 0 bridgehead atoms. The molecule has 0 aromatic rings. The summed E-state index contributed by atoms with van der Waals surface area (Å²) in [6.45, 7) is 16.2. The molecule has 0 aromatic heterocycles. The standard InChI is InChI=1S/C35H61Br2NO16.C5H3Br2NO2.C4HBr2NO2.CH4/c1-35(2,3)54-30(39)4-6-42-8-10-44-12-14-46-16-18-48-20-22-50-24-26-52-28-29-53-27-25-51-23-21-49-19-17-47-15-13-45-11-9-43-7-5-38-33(40)31(36)32(37)34(38)41;1-8-4(9)2(6)3(7)5(8)10;5-1-2(6)4(9)7-3(1)8;/h4-29H2,1-3H3;1H3;(H,7,8,9);1H4. The van der Waals surface area contributed by atoms with E-state index in [9.17, 15) is 33.6 Å². The van der Waals surface area contributed by atoms with Crippen LogP contribution in [0.4, 0.5) is 0 Å². The molecule has 0 radical (unpaired) electrons. The maximum atomic E-state index is 11.9. The van der Waals surface area contributed by atoms with E-state index in [1.54, 1.807) is 0 Å². The van der Waals surface area contributed by atoms with E-state index in [1.807, 2.05) is 20.8 Å². The van der Waals surface area contributed by atoms with Crippen molar-refractivity contribution in [1.82, 2.24) is 15.1 Å². The molecule has 0 spiro atoms. The lowest BCUT2D eigenvalue weighted by Gasteiger charge is -2.19. The summed E-state index contributed by atoms with van der Waals surface area (Å²) in [4.78, 5) is 80.4. The normalized spacial score (nSPS) is 14.8. The Labute approximate surface area is 483 Å². The zero-order chi connectivity index (χ0) is 54.4. The zero-order valence-electron chi connectivity index (χ0n) is 41.2. The van der Waals surface area contributed by atoms with Crippen LogP contribution in [-0.4, -0.2) is 229 Å². The lowest BCUT2D eigenvalue weighted by Crippen LogP contribution is -2.34. The van der Waals surface area contributed by atoms with E-state index in [2.05, 4.69) is 101 Å². The number of esters is 1. The summed E-state index contributed by atoms with van der Waals surface area (Å²) in [7, 11) is 1.43. The summed E-state index contributed by atoms with van der Waals surface area (Å²) < 4.78 is 72.1. The SMILES string of the molecule is C.CC(C)(C)OC(=O)CCOCCOCCOCCOCCOCCOCCOCCOCCOCCOCCOCCOCCN1C(=O)C(Br)=C(Br)C1=O.CN1C(=O)C(Br)=C(Br)C1=O.O=C1NC(=O)C(Br)=C1Br. The molecule has 3 rings (SSSR count). The highest BCUT2D eigenvalue weighted by atomic mass is 79.9. The first-order valence-electron chi connectivity index (χ1n) is 22.7. The van der Waals surface area contributed by atoms with E-state index in [0.29, 0.717) is 161 Å². The van der Waals surface area contributed by atoms with E-state index >= 15 is 0 Å². The fourth-order valence-corrected chi connectivity index (χ4v) is 7.13. The molecule has 74 heavy (non-hydrogen) atoms. The quantitative estimate of drug-likeness (QED) is 0.0503. The van der Waals surface area contributed by atoms with E-state index in [4.69, 9.17) is 61.6 Å². The van der Waals surface area contributed by atoms with Crippen molar-refractivity contribution < 1.29 is 95.1 Å². The van der Waals surface area contributed by atoms with Gasteiger partial charge in [0.2, 0.25) is 0 Å². The highest BCUT2D eigenvalue weighted by Gasteiger charge is 2.35. The van der Waals surface area contributed by atoms with Crippen LogP contribution < -0.4 is 5.32 Å². The van der Waals surface area contributed by atoms with Crippen LogP contribution in [0.1, 0.15) is 34.6 Å². The van der Waals surface area contributed by atoms with Gasteiger partial charge in [-0.1, -0.05) is 7.43 Å². The lowest BCUT2D eigenvalue weighted by atomic mass is 10.2. The van der Waals surface area contributed by atoms with Crippen molar-refractivity contribution in [3.63, 3.8) is 0 Å². The van der Waals surface area contributed by atoms with Crippen LogP contribution in [0.2, 0.25) is 0 Å². The summed E-state index contributed by atoms with van der Waals surface area (Å²) in [5.41, 5.74) is -0.481. The van der Waals surface area contributed by atoms with Gasteiger partial charge in [0, 0.05) is 7.05 Å². The molecule has 0 saturated heterocycles. The summed E-state index contributed by atoms with van der Waals surface area (Å²) in [6, 6.07) is 0. The molecule has 1 N–H and O–H groups in total. The topological polar surface area (TPSA) is 258 Å². The van der Waals surface area contributed by atoms with Crippen LogP contribution in [0.25, 0.3) is 0 Å². The van der Waals surface area contributed by atoms with Crippen molar-refractivity contribution in [2.75, 3.05) is 172 Å².